The first-order chi connectivity index (χ1) is 33.7. The lowest BCUT2D eigenvalue weighted by atomic mass is 9.64. The minimum atomic E-state index is -0.654. The first-order valence-corrected chi connectivity index (χ1v) is 23.3. The summed E-state index contributed by atoms with van der Waals surface area (Å²) in [5.41, 5.74) is 19.6. The average Bonchev–Trinajstić information content (AvgIpc) is 3.70. The lowest BCUT2D eigenvalue weighted by Gasteiger charge is -2.45. The monoisotopic (exact) mass is 864 g/mol. The fourth-order valence-corrected chi connectivity index (χ4v) is 11.4. The van der Waals surface area contributed by atoms with Crippen molar-refractivity contribution in [2.24, 2.45) is 0 Å². The number of rotatable bonds is 5. The maximum Gasteiger partial charge on any atom is 0.160 e. The van der Waals surface area contributed by atoms with Gasteiger partial charge in [-0.2, -0.15) is 0 Å². The van der Waals surface area contributed by atoms with E-state index >= 15 is 0 Å². The van der Waals surface area contributed by atoms with Crippen molar-refractivity contribution in [3.8, 4) is 56.2 Å². The van der Waals surface area contributed by atoms with Gasteiger partial charge in [0.05, 0.1) is 39.2 Å². The minimum Gasteiger partial charge on any atom is -0.310 e. The van der Waals surface area contributed by atoms with E-state index in [2.05, 4.69) is 223 Å². The van der Waals surface area contributed by atoms with Crippen LogP contribution in [0.4, 0.5) is 17.1 Å². The van der Waals surface area contributed by atoms with Crippen LogP contribution in [0.5, 0.6) is 0 Å². The van der Waals surface area contributed by atoms with Crippen LogP contribution in [0, 0.1) is 0 Å². The summed E-state index contributed by atoms with van der Waals surface area (Å²) in [6, 6.07) is 87.7. The van der Waals surface area contributed by atoms with Crippen LogP contribution in [0.15, 0.2) is 243 Å². The van der Waals surface area contributed by atoms with E-state index in [0.29, 0.717) is 0 Å². The van der Waals surface area contributed by atoms with Gasteiger partial charge in [0.2, 0.25) is 0 Å². The third-order valence-corrected chi connectivity index (χ3v) is 14.2. The number of nitrogens with zero attached hydrogens (tertiary/aromatic N) is 4. The van der Waals surface area contributed by atoms with Crippen LogP contribution in [0.2, 0.25) is 0 Å². The average molecular weight is 865 g/mol. The topological polar surface area (TPSA) is 41.9 Å². The molecule has 4 nitrogen and oxygen atoms in total. The molecule has 0 saturated heterocycles. The molecule has 0 saturated carbocycles. The van der Waals surface area contributed by atoms with E-state index in [1.807, 2.05) is 24.3 Å². The predicted molar refractivity (Wildman–Crippen MR) is 280 cm³/mol. The van der Waals surface area contributed by atoms with Gasteiger partial charge in [0.15, 0.2) is 5.82 Å². The number of benzene rings is 10. The molecule has 0 unspecified atom stereocenters. The summed E-state index contributed by atoms with van der Waals surface area (Å²) < 4.78 is 0. The lowest BCUT2D eigenvalue weighted by molar-refractivity contribution is 0.754. The summed E-state index contributed by atoms with van der Waals surface area (Å²) in [4.78, 5) is 18.1. The molecule has 14 rings (SSSR count). The van der Waals surface area contributed by atoms with Gasteiger partial charge in [-0.05, 0) is 98.4 Å². The van der Waals surface area contributed by atoms with Crippen LogP contribution in [0.3, 0.4) is 0 Å². The van der Waals surface area contributed by atoms with Gasteiger partial charge >= 0.3 is 0 Å². The van der Waals surface area contributed by atoms with Crippen molar-refractivity contribution in [3.63, 3.8) is 0 Å². The molecule has 2 aliphatic rings. The van der Waals surface area contributed by atoms with Crippen LogP contribution >= 0.6 is 0 Å². The fraction of sp³-hybridized carbons (Fsp3) is 0.0156. The summed E-state index contributed by atoms with van der Waals surface area (Å²) in [5.74, 6) is 0.717. The molecule has 0 N–H and O–H groups in total. The smallest absolute Gasteiger partial charge is 0.160 e. The number of pyridine rings is 1. The van der Waals surface area contributed by atoms with Gasteiger partial charge in [-0.3, -0.25) is 0 Å². The second kappa shape index (κ2) is 15.0. The zero-order chi connectivity index (χ0) is 44.8. The van der Waals surface area contributed by atoms with Crippen molar-refractivity contribution in [1.29, 1.82) is 0 Å². The van der Waals surface area contributed by atoms with Crippen molar-refractivity contribution in [2.45, 2.75) is 5.41 Å². The Kier molecular flexibility index (Phi) is 8.46. The fourth-order valence-electron chi connectivity index (χ4n) is 11.4. The number of para-hydroxylation sites is 5. The van der Waals surface area contributed by atoms with Crippen molar-refractivity contribution in [3.05, 3.63) is 265 Å². The molecule has 4 heteroatoms. The maximum absolute atomic E-state index is 5.42. The Hall–Kier alpha value is -8.99. The lowest BCUT2D eigenvalue weighted by Crippen LogP contribution is -2.36. The molecule has 2 aromatic heterocycles. The normalized spacial score (nSPS) is 13.1. The largest absolute Gasteiger partial charge is 0.310 e. The summed E-state index contributed by atoms with van der Waals surface area (Å²) >= 11 is 0. The standard InChI is InChI=1S/C64H40N4/c1-4-19-42(20-5-1)62-50-39-51-55(40-49(50)47-25-10-14-31-56(47)65-62)64(52-28-12-16-33-58(52)68(45-23-8-3-9-24-45)59-34-17-13-29-53(59)64)54-30-18-27-46(60(51)54)41-35-37-43(38-36-41)61-48-26-11-15-32-57(48)66-63(67-61)44-21-6-2-7-22-44/h1-40H. The number of hydrogen-bond acceptors (Lipinski definition) is 4. The zero-order valence-electron chi connectivity index (χ0n) is 36.9. The summed E-state index contributed by atoms with van der Waals surface area (Å²) in [6.45, 7) is 0. The number of anilines is 3. The molecular formula is C64H40N4. The van der Waals surface area contributed by atoms with Crippen molar-refractivity contribution < 1.29 is 0 Å². The molecule has 68 heavy (non-hydrogen) atoms. The van der Waals surface area contributed by atoms with Crippen LogP contribution in [0.1, 0.15) is 22.3 Å². The minimum absolute atomic E-state index is 0.654. The van der Waals surface area contributed by atoms with Crippen LogP contribution < -0.4 is 4.90 Å². The van der Waals surface area contributed by atoms with Gasteiger partial charge in [-0.15, -0.1) is 0 Å². The molecule has 3 heterocycles. The zero-order valence-corrected chi connectivity index (χ0v) is 36.9. The SMILES string of the molecule is c1ccc(-c2nc(-c3ccc(-c4cccc5c4-c4cc6c(-c7ccccc7)nc7ccccc7c6cc4C54c5ccccc5N(c5ccccc5)c5ccccc54)cc3)c3ccccc3n2)cc1. The Morgan fingerprint density at radius 2 is 0.838 bits per heavy atom. The van der Waals surface area contributed by atoms with Crippen molar-refractivity contribution in [2.75, 3.05) is 4.90 Å². The molecule has 0 fully saturated rings. The highest BCUT2D eigenvalue weighted by molar-refractivity contribution is 6.15. The van der Waals surface area contributed by atoms with Crippen LogP contribution in [-0.2, 0) is 5.41 Å². The summed E-state index contributed by atoms with van der Waals surface area (Å²) in [7, 11) is 0. The van der Waals surface area contributed by atoms with Gasteiger partial charge in [-0.1, -0.05) is 194 Å². The van der Waals surface area contributed by atoms with Gasteiger partial charge in [0.25, 0.3) is 0 Å². The molecule has 1 aliphatic heterocycles. The first kappa shape index (κ1) is 38.3. The van der Waals surface area contributed by atoms with E-state index in [4.69, 9.17) is 15.0 Å². The van der Waals surface area contributed by atoms with Gasteiger partial charge in [0, 0.05) is 38.5 Å². The molecule has 10 aromatic carbocycles. The molecule has 0 atom stereocenters. The molecule has 0 amide bonds. The molecular weight excluding hydrogens is 825 g/mol. The summed E-state index contributed by atoms with van der Waals surface area (Å²) in [5, 5.41) is 4.49. The van der Waals surface area contributed by atoms with E-state index in [1.54, 1.807) is 0 Å². The third-order valence-electron chi connectivity index (χ3n) is 14.2. The van der Waals surface area contributed by atoms with Crippen LogP contribution in [-0.4, -0.2) is 15.0 Å². The van der Waals surface area contributed by atoms with E-state index in [1.165, 1.54) is 55.7 Å². The van der Waals surface area contributed by atoms with Crippen molar-refractivity contribution >= 4 is 49.6 Å². The van der Waals surface area contributed by atoms with Gasteiger partial charge in [0.1, 0.15) is 0 Å². The van der Waals surface area contributed by atoms with E-state index in [0.717, 1.165) is 72.3 Å². The van der Waals surface area contributed by atoms with E-state index in [-0.39, 0.29) is 0 Å². The second-order valence-electron chi connectivity index (χ2n) is 17.8. The highest BCUT2D eigenvalue weighted by Crippen LogP contribution is 2.65. The number of aromatic nitrogens is 3. The second-order valence-corrected chi connectivity index (χ2v) is 17.8. The highest BCUT2D eigenvalue weighted by atomic mass is 15.2. The Bertz CT molecular complexity index is 3910. The Labute approximate surface area is 394 Å². The Morgan fingerprint density at radius 3 is 1.54 bits per heavy atom. The van der Waals surface area contributed by atoms with Crippen LogP contribution in [0.25, 0.3) is 88.7 Å². The quantitative estimate of drug-likeness (QED) is 0.162. The van der Waals surface area contributed by atoms with E-state index in [9.17, 15) is 0 Å². The first-order valence-electron chi connectivity index (χ1n) is 23.3. The van der Waals surface area contributed by atoms with Crippen molar-refractivity contribution in [1.82, 2.24) is 15.0 Å². The molecule has 0 bridgehead atoms. The third kappa shape index (κ3) is 5.58. The maximum atomic E-state index is 5.42. The van der Waals surface area contributed by atoms with Gasteiger partial charge < -0.3 is 4.90 Å². The molecule has 0 radical (unpaired) electrons. The highest BCUT2D eigenvalue weighted by Gasteiger charge is 2.52. The van der Waals surface area contributed by atoms with E-state index < -0.39 is 5.41 Å². The Morgan fingerprint density at radius 1 is 0.309 bits per heavy atom. The number of hydrogen-bond donors (Lipinski definition) is 0. The molecule has 1 aliphatic carbocycles. The predicted octanol–water partition coefficient (Wildman–Crippen LogP) is 16.1. The summed E-state index contributed by atoms with van der Waals surface area (Å²) in [6.07, 6.45) is 0. The Balaban J connectivity index is 1.06. The molecule has 316 valence electrons. The van der Waals surface area contributed by atoms with Gasteiger partial charge in [-0.25, -0.2) is 15.0 Å². The number of fused-ring (bicyclic) bond motifs is 13. The molecule has 1 spiro atoms. The molecule has 12 aromatic rings.